The first kappa shape index (κ1) is 21.6. The lowest BCUT2D eigenvalue weighted by Gasteiger charge is -2.30. The molecule has 1 aromatic carbocycles. The maximum absolute atomic E-state index is 13.2. The first-order chi connectivity index (χ1) is 14.4. The van der Waals surface area contributed by atoms with E-state index in [4.69, 9.17) is 10.5 Å². The zero-order valence-corrected chi connectivity index (χ0v) is 17.5. The molecule has 1 fully saturated rings. The highest BCUT2D eigenvalue weighted by Crippen LogP contribution is 2.19. The molecule has 2 aromatic rings. The maximum atomic E-state index is 13.2. The van der Waals surface area contributed by atoms with E-state index in [1.54, 1.807) is 6.07 Å². The maximum Gasteiger partial charge on any atom is 0.333 e. The van der Waals surface area contributed by atoms with Crippen molar-refractivity contribution >= 4 is 23.1 Å². The Morgan fingerprint density at radius 2 is 1.87 bits per heavy atom. The number of nitrogen functional groups attached to an aromatic ring is 1. The third-order valence-electron chi connectivity index (χ3n) is 5.23. The molecule has 0 aliphatic carbocycles. The summed E-state index contributed by atoms with van der Waals surface area (Å²) in [5, 5.41) is 2.78. The second-order valence-electron chi connectivity index (χ2n) is 7.38. The number of nitrogens with one attached hydrogen (secondary N) is 1. The number of carbonyl (C=O) groups excluding carboxylic acids is 1. The van der Waals surface area contributed by atoms with Crippen LogP contribution in [-0.4, -0.2) is 41.3 Å². The van der Waals surface area contributed by atoms with Gasteiger partial charge in [-0.25, -0.2) is 9.36 Å². The fourth-order valence-electron chi connectivity index (χ4n) is 3.50. The highest BCUT2D eigenvalue weighted by Gasteiger charge is 2.24. The molecule has 1 saturated heterocycles. The molecule has 1 aromatic heterocycles. The van der Waals surface area contributed by atoms with Crippen molar-refractivity contribution in [3.8, 4) is 0 Å². The van der Waals surface area contributed by atoms with Crippen LogP contribution in [0.5, 0.6) is 0 Å². The third-order valence-corrected chi connectivity index (χ3v) is 5.23. The van der Waals surface area contributed by atoms with E-state index in [-0.39, 0.29) is 18.1 Å². The van der Waals surface area contributed by atoms with Crippen LogP contribution in [0.2, 0.25) is 0 Å². The second kappa shape index (κ2) is 9.62. The van der Waals surface area contributed by atoms with E-state index in [2.05, 4.69) is 5.32 Å². The Morgan fingerprint density at radius 3 is 2.53 bits per heavy atom. The van der Waals surface area contributed by atoms with Crippen LogP contribution in [0.15, 0.2) is 33.9 Å². The molecule has 3 N–H and O–H groups in total. The molecule has 0 saturated carbocycles. The predicted molar refractivity (Wildman–Crippen MR) is 117 cm³/mol. The minimum Gasteiger partial charge on any atom is -0.383 e. The summed E-state index contributed by atoms with van der Waals surface area (Å²) in [6.07, 6.45) is 1.60. The molecule has 9 nitrogen and oxygen atoms in total. The van der Waals surface area contributed by atoms with Gasteiger partial charge in [-0.15, -0.1) is 0 Å². The number of anilines is 3. The number of para-hydroxylation sites is 1. The van der Waals surface area contributed by atoms with Gasteiger partial charge < -0.3 is 20.7 Å². The zero-order chi connectivity index (χ0) is 21.7. The number of unbranched alkanes of at least 4 members (excludes halogenated alkanes) is 1. The number of rotatable bonds is 7. The summed E-state index contributed by atoms with van der Waals surface area (Å²) < 4.78 is 7.74. The molecule has 0 radical (unpaired) electrons. The minimum atomic E-state index is -0.567. The lowest BCUT2D eigenvalue weighted by Crippen LogP contribution is -2.48. The molecule has 30 heavy (non-hydrogen) atoms. The Bertz CT molecular complexity index is 1020. The van der Waals surface area contributed by atoms with Gasteiger partial charge in [0.2, 0.25) is 5.91 Å². The Hall–Kier alpha value is -3.07. The zero-order valence-electron chi connectivity index (χ0n) is 17.5. The normalized spacial score (nSPS) is 14.0. The molecular weight excluding hydrogens is 386 g/mol. The standard InChI is InChI=1S/C21H29N5O4/c1-3-4-9-25-19(22)18(24-10-12-30-13-11-24)20(28)26(21(25)29)14-17(27)23-16-8-6-5-7-15(16)2/h5-8H,3-4,9-14,22H2,1-2H3,(H,23,27). The van der Waals surface area contributed by atoms with Crippen LogP contribution in [0.3, 0.4) is 0 Å². The Balaban J connectivity index is 1.99. The number of morpholine rings is 1. The van der Waals surface area contributed by atoms with Crippen molar-refractivity contribution in [1.29, 1.82) is 0 Å². The van der Waals surface area contributed by atoms with Gasteiger partial charge in [-0.05, 0) is 25.0 Å². The van der Waals surface area contributed by atoms with Gasteiger partial charge in [0.25, 0.3) is 5.56 Å². The number of aromatic nitrogens is 2. The quantitative estimate of drug-likeness (QED) is 0.702. The fraction of sp³-hybridized carbons (Fsp3) is 0.476. The topological polar surface area (TPSA) is 112 Å². The summed E-state index contributed by atoms with van der Waals surface area (Å²) in [5.74, 6) is -0.292. The molecule has 0 atom stereocenters. The molecule has 162 valence electrons. The van der Waals surface area contributed by atoms with E-state index in [1.165, 1.54) is 4.57 Å². The summed E-state index contributed by atoms with van der Waals surface area (Å²) in [5.41, 5.74) is 6.95. The highest BCUT2D eigenvalue weighted by molar-refractivity contribution is 5.91. The molecule has 9 heteroatoms. The average Bonchev–Trinajstić information content (AvgIpc) is 2.74. The lowest BCUT2D eigenvalue weighted by atomic mass is 10.2. The van der Waals surface area contributed by atoms with E-state index in [0.717, 1.165) is 23.0 Å². The number of hydrogen-bond donors (Lipinski definition) is 2. The van der Waals surface area contributed by atoms with Crippen LogP contribution in [-0.2, 0) is 22.6 Å². The number of aryl methyl sites for hydroxylation is 1. The number of nitrogens with zero attached hydrogens (tertiary/aromatic N) is 3. The van der Waals surface area contributed by atoms with Crippen LogP contribution in [0.25, 0.3) is 0 Å². The van der Waals surface area contributed by atoms with Gasteiger partial charge >= 0.3 is 5.69 Å². The number of benzene rings is 1. The summed E-state index contributed by atoms with van der Waals surface area (Å²) in [7, 11) is 0. The number of hydrogen-bond acceptors (Lipinski definition) is 6. The Kier molecular flexibility index (Phi) is 6.94. The van der Waals surface area contributed by atoms with E-state index in [0.29, 0.717) is 38.5 Å². The van der Waals surface area contributed by atoms with Crippen molar-refractivity contribution in [3.05, 3.63) is 50.7 Å². The SMILES string of the molecule is CCCCn1c(N)c(N2CCOCC2)c(=O)n(CC(=O)Nc2ccccc2C)c1=O. The van der Waals surface area contributed by atoms with Crippen molar-refractivity contribution in [2.45, 2.75) is 39.8 Å². The molecule has 0 bridgehead atoms. The van der Waals surface area contributed by atoms with Crippen molar-refractivity contribution in [2.75, 3.05) is 42.3 Å². The molecular formula is C21H29N5O4. The molecule has 3 rings (SSSR count). The van der Waals surface area contributed by atoms with Crippen LogP contribution in [0.1, 0.15) is 25.3 Å². The molecule has 2 heterocycles. The summed E-state index contributed by atoms with van der Waals surface area (Å²) in [6.45, 7) is 5.84. The number of amides is 1. The van der Waals surface area contributed by atoms with Gasteiger partial charge in [-0.3, -0.25) is 14.2 Å². The smallest absolute Gasteiger partial charge is 0.333 e. The summed E-state index contributed by atoms with van der Waals surface area (Å²) in [6, 6.07) is 7.33. The van der Waals surface area contributed by atoms with Crippen LogP contribution < -0.4 is 27.2 Å². The monoisotopic (exact) mass is 415 g/mol. The first-order valence-corrected chi connectivity index (χ1v) is 10.2. The fourth-order valence-corrected chi connectivity index (χ4v) is 3.50. The average molecular weight is 415 g/mol. The van der Waals surface area contributed by atoms with E-state index in [1.807, 2.05) is 36.9 Å². The second-order valence-corrected chi connectivity index (χ2v) is 7.38. The number of carbonyl (C=O) groups is 1. The van der Waals surface area contributed by atoms with Gasteiger partial charge in [-0.2, -0.15) is 0 Å². The highest BCUT2D eigenvalue weighted by atomic mass is 16.5. The first-order valence-electron chi connectivity index (χ1n) is 10.2. The number of nitrogens with two attached hydrogens (primary N) is 1. The molecule has 1 aliphatic heterocycles. The van der Waals surface area contributed by atoms with Gasteiger partial charge in [0.15, 0.2) is 0 Å². The Labute approximate surface area is 175 Å². The van der Waals surface area contributed by atoms with Crippen molar-refractivity contribution < 1.29 is 9.53 Å². The van der Waals surface area contributed by atoms with Crippen LogP contribution >= 0.6 is 0 Å². The van der Waals surface area contributed by atoms with Crippen molar-refractivity contribution in [3.63, 3.8) is 0 Å². The van der Waals surface area contributed by atoms with E-state index < -0.39 is 17.2 Å². The predicted octanol–water partition coefficient (Wildman–Crippen LogP) is 1.18. The lowest BCUT2D eigenvalue weighted by molar-refractivity contribution is -0.116. The number of ether oxygens (including phenoxy) is 1. The molecule has 0 unspecified atom stereocenters. The van der Waals surface area contributed by atoms with Crippen molar-refractivity contribution in [2.24, 2.45) is 0 Å². The molecule has 1 amide bonds. The minimum absolute atomic E-state index is 0.149. The summed E-state index contributed by atoms with van der Waals surface area (Å²) >= 11 is 0. The van der Waals surface area contributed by atoms with Gasteiger partial charge in [0.05, 0.1) is 13.2 Å². The molecule has 1 aliphatic rings. The van der Waals surface area contributed by atoms with Gasteiger partial charge in [0.1, 0.15) is 18.1 Å². The van der Waals surface area contributed by atoms with Crippen molar-refractivity contribution in [1.82, 2.24) is 9.13 Å². The van der Waals surface area contributed by atoms with Gasteiger partial charge in [-0.1, -0.05) is 31.5 Å². The van der Waals surface area contributed by atoms with Gasteiger partial charge in [0, 0.05) is 25.3 Å². The molecule has 0 spiro atoms. The Morgan fingerprint density at radius 1 is 1.17 bits per heavy atom. The largest absolute Gasteiger partial charge is 0.383 e. The van der Waals surface area contributed by atoms with E-state index >= 15 is 0 Å². The third kappa shape index (κ3) is 4.56. The summed E-state index contributed by atoms with van der Waals surface area (Å²) in [4.78, 5) is 40.7. The van der Waals surface area contributed by atoms with Crippen LogP contribution in [0.4, 0.5) is 17.2 Å². The van der Waals surface area contributed by atoms with Crippen LogP contribution in [0, 0.1) is 6.92 Å². The van der Waals surface area contributed by atoms with E-state index in [9.17, 15) is 14.4 Å².